The maximum Gasteiger partial charge on any atom is 0.323 e. The second kappa shape index (κ2) is 8.56. The molecule has 0 saturated heterocycles. The highest BCUT2D eigenvalue weighted by Gasteiger charge is 2.08. The molecular formula is C23H23N3O3. The Labute approximate surface area is 168 Å². The normalized spacial score (nSPS) is 10.8. The predicted octanol–water partition coefficient (Wildman–Crippen LogP) is 4.45. The van der Waals surface area contributed by atoms with Crippen LogP contribution in [0.2, 0.25) is 0 Å². The molecule has 0 aliphatic rings. The highest BCUT2D eigenvalue weighted by atomic mass is 16.5. The number of anilines is 1. The van der Waals surface area contributed by atoms with Crippen LogP contribution in [0.1, 0.15) is 18.1 Å². The third-order valence-electron chi connectivity index (χ3n) is 4.56. The van der Waals surface area contributed by atoms with Crippen molar-refractivity contribution in [2.75, 3.05) is 11.9 Å². The Morgan fingerprint density at radius 2 is 1.66 bits per heavy atom. The number of aromatic amines is 2. The number of ether oxygens (including phenoxy) is 2. The van der Waals surface area contributed by atoms with Gasteiger partial charge in [-0.2, -0.15) is 0 Å². The minimum absolute atomic E-state index is 0.204. The van der Waals surface area contributed by atoms with E-state index in [1.165, 1.54) is 0 Å². The van der Waals surface area contributed by atoms with Gasteiger partial charge in [-0.25, -0.2) is 4.79 Å². The highest BCUT2D eigenvalue weighted by Crippen LogP contribution is 2.29. The summed E-state index contributed by atoms with van der Waals surface area (Å²) in [7, 11) is 0. The van der Waals surface area contributed by atoms with Crippen molar-refractivity contribution in [3.05, 3.63) is 88.3 Å². The zero-order chi connectivity index (χ0) is 20.1. The summed E-state index contributed by atoms with van der Waals surface area (Å²) < 4.78 is 11.7. The molecule has 0 saturated carbocycles. The Bertz CT molecular complexity index is 1150. The van der Waals surface area contributed by atoms with E-state index in [-0.39, 0.29) is 5.69 Å². The molecule has 6 nitrogen and oxygen atoms in total. The molecule has 0 amide bonds. The Hall–Kier alpha value is -3.67. The number of rotatable bonds is 8. The molecule has 0 atom stereocenters. The average molecular weight is 389 g/mol. The zero-order valence-electron chi connectivity index (χ0n) is 16.2. The standard InChI is InChI=1S/C23H23N3O3/c1-2-28-22-12-17(8-11-21(22)29-15-16-6-4-3-5-7-16)14-24-18-9-10-19-20(13-18)26-23(27)25-19/h3-13,24H,2,14-15H2,1H3,(H2,25,26,27). The molecule has 1 aromatic heterocycles. The molecule has 4 aromatic rings. The van der Waals surface area contributed by atoms with E-state index in [2.05, 4.69) is 15.3 Å². The number of imidazole rings is 1. The van der Waals surface area contributed by atoms with Crippen LogP contribution in [0.15, 0.2) is 71.5 Å². The molecule has 3 N–H and O–H groups in total. The first kappa shape index (κ1) is 18.7. The average Bonchev–Trinajstić information content (AvgIpc) is 3.12. The van der Waals surface area contributed by atoms with Gasteiger partial charge in [0.15, 0.2) is 11.5 Å². The largest absolute Gasteiger partial charge is 0.490 e. The van der Waals surface area contributed by atoms with Crippen molar-refractivity contribution in [3.63, 3.8) is 0 Å². The van der Waals surface area contributed by atoms with Crippen molar-refractivity contribution in [2.45, 2.75) is 20.1 Å². The molecule has 1 heterocycles. The topological polar surface area (TPSA) is 79.1 Å². The van der Waals surface area contributed by atoms with Crippen LogP contribution < -0.4 is 20.5 Å². The Morgan fingerprint density at radius 3 is 2.48 bits per heavy atom. The summed E-state index contributed by atoms with van der Waals surface area (Å²) in [5.41, 5.74) is 4.47. The molecule has 6 heteroatoms. The van der Waals surface area contributed by atoms with Crippen molar-refractivity contribution in [2.24, 2.45) is 0 Å². The number of aromatic nitrogens is 2. The molecule has 3 aromatic carbocycles. The Kier molecular flexibility index (Phi) is 5.52. The third kappa shape index (κ3) is 4.60. The van der Waals surface area contributed by atoms with Crippen molar-refractivity contribution >= 4 is 16.7 Å². The maximum atomic E-state index is 11.4. The van der Waals surface area contributed by atoms with Gasteiger partial charge < -0.3 is 24.8 Å². The lowest BCUT2D eigenvalue weighted by molar-refractivity contribution is 0.269. The molecule has 0 bridgehead atoms. The molecule has 0 aliphatic heterocycles. The van der Waals surface area contributed by atoms with Crippen LogP contribution in [0.3, 0.4) is 0 Å². The van der Waals surface area contributed by atoms with Crippen LogP contribution in [0.4, 0.5) is 5.69 Å². The van der Waals surface area contributed by atoms with E-state index in [4.69, 9.17) is 9.47 Å². The minimum atomic E-state index is -0.204. The van der Waals surface area contributed by atoms with Gasteiger partial charge in [0.1, 0.15) is 6.61 Å². The molecule has 4 rings (SSSR count). The monoisotopic (exact) mass is 389 g/mol. The molecule has 148 valence electrons. The van der Waals surface area contributed by atoms with Crippen LogP contribution in [0.5, 0.6) is 11.5 Å². The number of hydrogen-bond donors (Lipinski definition) is 3. The molecule has 0 unspecified atom stereocenters. The van der Waals surface area contributed by atoms with Crippen molar-refractivity contribution in [1.29, 1.82) is 0 Å². The SMILES string of the molecule is CCOc1cc(CNc2ccc3[nH]c(=O)[nH]c3c2)ccc1OCc1ccccc1. The smallest absolute Gasteiger partial charge is 0.323 e. The summed E-state index contributed by atoms with van der Waals surface area (Å²) in [5.74, 6) is 1.46. The Morgan fingerprint density at radius 1 is 0.828 bits per heavy atom. The Balaban J connectivity index is 1.45. The molecular weight excluding hydrogens is 366 g/mol. The number of benzene rings is 3. The highest BCUT2D eigenvalue weighted by molar-refractivity contribution is 5.78. The number of nitrogens with one attached hydrogen (secondary N) is 3. The van der Waals surface area contributed by atoms with Crippen molar-refractivity contribution < 1.29 is 9.47 Å². The number of hydrogen-bond acceptors (Lipinski definition) is 4. The lowest BCUT2D eigenvalue weighted by Crippen LogP contribution is -2.03. The van der Waals surface area contributed by atoms with Gasteiger partial charge in [0.2, 0.25) is 0 Å². The molecule has 0 aliphatic carbocycles. The number of H-pyrrole nitrogens is 2. The fraction of sp³-hybridized carbons (Fsp3) is 0.174. The van der Waals surface area contributed by atoms with Crippen LogP contribution in [-0.4, -0.2) is 16.6 Å². The second-order valence-electron chi connectivity index (χ2n) is 6.68. The summed E-state index contributed by atoms with van der Waals surface area (Å²) in [6.07, 6.45) is 0. The third-order valence-corrected chi connectivity index (χ3v) is 4.56. The molecule has 0 spiro atoms. The van der Waals surface area contributed by atoms with Crippen LogP contribution in [0.25, 0.3) is 11.0 Å². The van der Waals surface area contributed by atoms with Gasteiger partial charge in [-0.15, -0.1) is 0 Å². The quantitative estimate of drug-likeness (QED) is 0.416. The molecule has 0 radical (unpaired) electrons. The second-order valence-corrected chi connectivity index (χ2v) is 6.68. The zero-order valence-corrected chi connectivity index (χ0v) is 16.2. The fourth-order valence-electron chi connectivity index (χ4n) is 3.13. The van der Waals surface area contributed by atoms with Gasteiger partial charge in [-0.05, 0) is 48.4 Å². The summed E-state index contributed by atoms with van der Waals surface area (Å²) in [6.45, 7) is 3.64. The van der Waals surface area contributed by atoms with Crippen molar-refractivity contribution in [1.82, 2.24) is 9.97 Å². The summed E-state index contributed by atoms with van der Waals surface area (Å²) in [5, 5.41) is 3.38. The van der Waals surface area contributed by atoms with E-state index in [0.717, 1.165) is 39.3 Å². The summed E-state index contributed by atoms with van der Waals surface area (Å²) in [6, 6.07) is 21.7. The van der Waals surface area contributed by atoms with Crippen molar-refractivity contribution in [3.8, 4) is 11.5 Å². The first-order chi connectivity index (χ1) is 14.2. The maximum absolute atomic E-state index is 11.4. The predicted molar refractivity (Wildman–Crippen MR) is 115 cm³/mol. The van der Waals surface area contributed by atoms with Crippen LogP contribution in [-0.2, 0) is 13.2 Å². The first-order valence-electron chi connectivity index (χ1n) is 9.59. The van der Waals surface area contributed by atoms with Crippen LogP contribution >= 0.6 is 0 Å². The lowest BCUT2D eigenvalue weighted by atomic mass is 10.2. The van der Waals surface area contributed by atoms with E-state index in [0.29, 0.717) is 19.8 Å². The van der Waals surface area contributed by atoms with Gasteiger partial charge in [-0.3, -0.25) is 0 Å². The van der Waals surface area contributed by atoms with Gasteiger partial charge in [0.05, 0.1) is 17.6 Å². The molecule has 0 fully saturated rings. The summed E-state index contributed by atoms with van der Waals surface area (Å²) >= 11 is 0. The van der Waals surface area contributed by atoms with Gasteiger partial charge >= 0.3 is 5.69 Å². The lowest BCUT2D eigenvalue weighted by Gasteiger charge is -2.14. The van der Waals surface area contributed by atoms with E-state index in [1.54, 1.807) is 0 Å². The van der Waals surface area contributed by atoms with E-state index < -0.39 is 0 Å². The van der Waals surface area contributed by atoms with Gasteiger partial charge in [0, 0.05) is 12.2 Å². The first-order valence-corrected chi connectivity index (χ1v) is 9.59. The van der Waals surface area contributed by atoms with E-state index >= 15 is 0 Å². The number of fused-ring (bicyclic) bond motifs is 1. The van der Waals surface area contributed by atoms with E-state index in [9.17, 15) is 4.79 Å². The summed E-state index contributed by atoms with van der Waals surface area (Å²) in [4.78, 5) is 16.9. The van der Waals surface area contributed by atoms with Gasteiger partial charge in [0.25, 0.3) is 0 Å². The van der Waals surface area contributed by atoms with E-state index in [1.807, 2.05) is 73.7 Å². The fourth-order valence-corrected chi connectivity index (χ4v) is 3.13. The minimum Gasteiger partial charge on any atom is -0.490 e. The van der Waals surface area contributed by atoms with Crippen LogP contribution in [0, 0.1) is 0 Å². The molecule has 29 heavy (non-hydrogen) atoms. The van der Waals surface area contributed by atoms with Gasteiger partial charge in [-0.1, -0.05) is 36.4 Å².